The fourth-order valence-corrected chi connectivity index (χ4v) is 2.38. The lowest BCUT2D eigenvalue weighted by Gasteiger charge is -2.07. The number of rotatable bonds is 6. The van der Waals surface area contributed by atoms with E-state index in [1.807, 2.05) is 44.2 Å². The largest absolute Gasteiger partial charge is 0.489 e. The third kappa shape index (κ3) is 4.44. The molecule has 3 aromatic rings. The van der Waals surface area contributed by atoms with Crippen molar-refractivity contribution in [1.82, 2.24) is 10.1 Å². The van der Waals surface area contributed by atoms with Crippen molar-refractivity contribution in [2.45, 2.75) is 26.9 Å². The van der Waals surface area contributed by atoms with Gasteiger partial charge in [0.15, 0.2) is 0 Å². The van der Waals surface area contributed by atoms with Crippen molar-refractivity contribution >= 4 is 11.7 Å². The molecule has 6 nitrogen and oxygen atoms in total. The second-order valence-electron chi connectivity index (χ2n) is 5.68. The Morgan fingerprint density at radius 3 is 2.60 bits per heavy atom. The van der Waals surface area contributed by atoms with E-state index in [9.17, 15) is 4.79 Å². The van der Waals surface area contributed by atoms with Crippen LogP contribution in [0.25, 0.3) is 0 Å². The summed E-state index contributed by atoms with van der Waals surface area (Å²) in [6.07, 6.45) is 1.92. The number of carbonyl (C=O) groups excluding carboxylic acids is 1. The number of hydrogen-bond donors (Lipinski definition) is 1. The number of ether oxygens (including phenoxy) is 1. The van der Waals surface area contributed by atoms with Crippen molar-refractivity contribution < 1.29 is 14.1 Å². The average Bonchev–Trinajstić information content (AvgIpc) is 2.93. The SMILES string of the molecule is Cc1noc(C)c1COc1ccc(CC(=O)Nc2ccccn2)cc1. The summed E-state index contributed by atoms with van der Waals surface area (Å²) >= 11 is 0. The molecular weight excluding hydrogens is 318 g/mol. The van der Waals surface area contributed by atoms with Gasteiger partial charge >= 0.3 is 0 Å². The first-order chi connectivity index (χ1) is 12.1. The Hall–Kier alpha value is -3.15. The molecule has 0 atom stereocenters. The number of aryl methyl sites for hydroxylation is 2. The number of nitrogens with one attached hydrogen (secondary N) is 1. The van der Waals surface area contributed by atoms with Crippen LogP contribution in [0.5, 0.6) is 5.75 Å². The van der Waals surface area contributed by atoms with Gasteiger partial charge in [0.2, 0.25) is 5.91 Å². The predicted molar refractivity (Wildman–Crippen MR) is 93.3 cm³/mol. The summed E-state index contributed by atoms with van der Waals surface area (Å²) in [6, 6.07) is 12.8. The lowest BCUT2D eigenvalue weighted by Crippen LogP contribution is -2.15. The number of nitrogens with zero attached hydrogens (tertiary/aromatic N) is 2. The van der Waals surface area contributed by atoms with E-state index in [1.165, 1.54) is 0 Å². The molecule has 0 radical (unpaired) electrons. The van der Waals surface area contributed by atoms with E-state index in [-0.39, 0.29) is 12.3 Å². The summed E-state index contributed by atoms with van der Waals surface area (Å²) in [7, 11) is 0. The van der Waals surface area contributed by atoms with E-state index in [1.54, 1.807) is 18.3 Å². The number of pyridine rings is 1. The molecule has 25 heavy (non-hydrogen) atoms. The van der Waals surface area contributed by atoms with Crippen LogP contribution >= 0.6 is 0 Å². The average molecular weight is 337 g/mol. The molecule has 0 fully saturated rings. The summed E-state index contributed by atoms with van der Waals surface area (Å²) in [5, 5.41) is 6.67. The first-order valence-electron chi connectivity index (χ1n) is 7.96. The van der Waals surface area contributed by atoms with Gasteiger partial charge in [-0.05, 0) is 43.7 Å². The molecule has 1 aromatic carbocycles. The second-order valence-corrected chi connectivity index (χ2v) is 5.68. The molecule has 0 aliphatic carbocycles. The maximum absolute atomic E-state index is 12.0. The number of amides is 1. The second kappa shape index (κ2) is 7.61. The van der Waals surface area contributed by atoms with E-state index >= 15 is 0 Å². The summed E-state index contributed by atoms with van der Waals surface area (Å²) in [5.41, 5.74) is 2.69. The zero-order valence-corrected chi connectivity index (χ0v) is 14.2. The van der Waals surface area contributed by atoms with Crippen molar-refractivity contribution in [2.75, 3.05) is 5.32 Å². The number of aromatic nitrogens is 2. The van der Waals surface area contributed by atoms with Crippen LogP contribution in [0.15, 0.2) is 53.2 Å². The van der Waals surface area contributed by atoms with E-state index in [2.05, 4.69) is 15.5 Å². The lowest BCUT2D eigenvalue weighted by atomic mass is 10.1. The smallest absolute Gasteiger partial charge is 0.229 e. The van der Waals surface area contributed by atoms with Gasteiger partial charge in [-0.25, -0.2) is 4.98 Å². The molecule has 2 heterocycles. The van der Waals surface area contributed by atoms with Crippen LogP contribution in [0.2, 0.25) is 0 Å². The van der Waals surface area contributed by atoms with Crippen LogP contribution in [0.1, 0.15) is 22.6 Å². The van der Waals surface area contributed by atoms with Gasteiger partial charge in [0, 0.05) is 6.20 Å². The molecule has 0 saturated carbocycles. The third-order valence-corrected chi connectivity index (χ3v) is 3.78. The Morgan fingerprint density at radius 1 is 1.16 bits per heavy atom. The Kier molecular flexibility index (Phi) is 5.09. The monoisotopic (exact) mass is 337 g/mol. The van der Waals surface area contributed by atoms with Crippen LogP contribution in [0.4, 0.5) is 5.82 Å². The highest BCUT2D eigenvalue weighted by Crippen LogP contribution is 2.18. The van der Waals surface area contributed by atoms with Crippen LogP contribution in [-0.2, 0) is 17.8 Å². The zero-order valence-electron chi connectivity index (χ0n) is 14.2. The predicted octanol–water partition coefficient (Wildman–Crippen LogP) is 3.45. The van der Waals surface area contributed by atoms with Crippen molar-refractivity contribution in [3.63, 3.8) is 0 Å². The molecule has 2 aromatic heterocycles. The molecular formula is C19H19N3O3. The maximum Gasteiger partial charge on any atom is 0.229 e. The summed E-state index contributed by atoms with van der Waals surface area (Å²) in [5.74, 6) is 1.93. The Labute approximate surface area is 145 Å². The van der Waals surface area contributed by atoms with Gasteiger partial charge < -0.3 is 14.6 Å². The summed E-state index contributed by atoms with van der Waals surface area (Å²) < 4.78 is 10.9. The molecule has 1 N–H and O–H groups in total. The standard InChI is InChI=1S/C19H19N3O3/c1-13-17(14(2)25-22-13)12-24-16-8-6-15(7-9-16)11-19(23)21-18-5-3-4-10-20-18/h3-10H,11-12H2,1-2H3,(H,20,21,23). The molecule has 0 saturated heterocycles. The van der Waals surface area contributed by atoms with Gasteiger partial charge in [-0.2, -0.15) is 0 Å². The molecule has 0 bridgehead atoms. The van der Waals surface area contributed by atoms with Gasteiger partial charge in [-0.1, -0.05) is 23.4 Å². The molecule has 1 amide bonds. The molecule has 0 unspecified atom stereocenters. The number of anilines is 1. The van der Waals surface area contributed by atoms with Crippen molar-refractivity contribution in [2.24, 2.45) is 0 Å². The quantitative estimate of drug-likeness (QED) is 0.745. The Balaban J connectivity index is 1.54. The zero-order chi connectivity index (χ0) is 17.6. The summed E-state index contributed by atoms with van der Waals surface area (Å²) in [6.45, 7) is 4.15. The van der Waals surface area contributed by atoms with Crippen LogP contribution in [0.3, 0.4) is 0 Å². The highest BCUT2D eigenvalue weighted by atomic mass is 16.5. The van der Waals surface area contributed by atoms with Crippen LogP contribution in [-0.4, -0.2) is 16.0 Å². The summed E-state index contributed by atoms with van der Waals surface area (Å²) in [4.78, 5) is 16.1. The number of hydrogen-bond acceptors (Lipinski definition) is 5. The number of benzene rings is 1. The van der Waals surface area contributed by atoms with E-state index in [0.29, 0.717) is 12.4 Å². The van der Waals surface area contributed by atoms with Crippen LogP contribution < -0.4 is 10.1 Å². The first kappa shape index (κ1) is 16.7. The Morgan fingerprint density at radius 2 is 1.96 bits per heavy atom. The minimum atomic E-state index is -0.108. The topological polar surface area (TPSA) is 77.2 Å². The van der Waals surface area contributed by atoms with Crippen molar-refractivity contribution in [3.8, 4) is 5.75 Å². The highest BCUT2D eigenvalue weighted by Gasteiger charge is 2.10. The maximum atomic E-state index is 12.0. The molecule has 128 valence electrons. The van der Waals surface area contributed by atoms with E-state index < -0.39 is 0 Å². The third-order valence-electron chi connectivity index (χ3n) is 3.78. The van der Waals surface area contributed by atoms with Crippen molar-refractivity contribution in [3.05, 3.63) is 71.2 Å². The lowest BCUT2D eigenvalue weighted by molar-refractivity contribution is -0.115. The van der Waals surface area contributed by atoms with Gasteiger partial charge in [0.05, 0.1) is 17.7 Å². The van der Waals surface area contributed by atoms with Crippen molar-refractivity contribution in [1.29, 1.82) is 0 Å². The van der Waals surface area contributed by atoms with Gasteiger partial charge in [0.1, 0.15) is 23.9 Å². The first-order valence-corrected chi connectivity index (χ1v) is 7.96. The Bertz CT molecular complexity index is 823. The van der Waals surface area contributed by atoms with Gasteiger partial charge in [-0.3, -0.25) is 4.79 Å². The van der Waals surface area contributed by atoms with E-state index in [0.717, 1.165) is 28.3 Å². The van der Waals surface area contributed by atoms with Gasteiger partial charge in [0.25, 0.3) is 0 Å². The number of carbonyl (C=O) groups is 1. The minimum absolute atomic E-state index is 0.108. The fourth-order valence-electron chi connectivity index (χ4n) is 2.38. The molecule has 0 aliphatic heterocycles. The molecule has 6 heteroatoms. The van der Waals surface area contributed by atoms with E-state index in [4.69, 9.17) is 9.26 Å². The molecule has 0 aliphatic rings. The normalized spacial score (nSPS) is 10.5. The van der Waals surface area contributed by atoms with Gasteiger partial charge in [-0.15, -0.1) is 0 Å². The molecule has 3 rings (SSSR count). The minimum Gasteiger partial charge on any atom is -0.489 e. The molecule has 0 spiro atoms. The highest BCUT2D eigenvalue weighted by molar-refractivity contribution is 5.91. The fraction of sp³-hybridized carbons (Fsp3) is 0.211. The van der Waals surface area contributed by atoms with Crippen LogP contribution in [0, 0.1) is 13.8 Å².